The van der Waals surface area contributed by atoms with Gasteiger partial charge in [-0.1, -0.05) is 25.1 Å². The SMILES string of the molecule is Cc1csc([C@@H]2CCCCN2C(=O)[C@H]2Oc3ccccc3[C@@H]2C)n1. The second kappa shape index (κ2) is 6.20. The Kier molecular flexibility index (Phi) is 4.04. The molecular weight excluding hydrogens is 320 g/mol. The van der Waals surface area contributed by atoms with Gasteiger partial charge in [0.25, 0.3) is 5.91 Å². The molecule has 5 heteroatoms. The molecule has 4 rings (SSSR count). The highest BCUT2D eigenvalue weighted by Gasteiger charge is 2.41. The minimum Gasteiger partial charge on any atom is -0.480 e. The van der Waals surface area contributed by atoms with Gasteiger partial charge in [0, 0.05) is 29.1 Å². The normalized spacial score (nSPS) is 26.1. The Bertz CT molecular complexity index is 757. The molecule has 3 heterocycles. The maximum atomic E-state index is 13.2. The van der Waals surface area contributed by atoms with Gasteiger partial charge >= 0.3 is 0 Å². The van der Waals surface area contributed by atoms with Crippen LogP contribution in [-0.4, -0.2) is 28.4 Å². The first-order chi connectivity index (χ1) is 11.6. The van der Waals surface area contributed by atoms with Crippen LogP contribution in [0.25, 0.3) is 0 Å². The van der Waals surface area contributed by atoms with Crippen molar-refractivity contribution in [3.8, 4) is 5.75 Å². The van der Waals surface area contributed by atoms with Crippen molar-refractivity contribution in [3.05, 3.63) is 45.9 Å². The van der Waals surface area contributed by atoms with E-state index in [1.54, 1.807) is 11.3 Å². The van der Waals surface area contributed by atoms with E-state index in [1.165, 1.54) is 0 Å². The minimum absolute atomic E-state index is 0.0920. The predicted octanol–water partition coefficient (Wildman–Crippen LogP) is 4.07. The van der Waals surface area contributed by atoms with Crippen LogP contribution in [0.15, 0.2) is 29.6 Å². The summed E-state index contributed by atoms with van der Waals surface area (Å²) in [4.78, 5) is 19.9. The first-order valence-corrected chi connectivity index (χ1v) is 9.51. The number of likely N-dealkylation sites (tertiary alicyclic amines) is 1. The fourth-order valence-electron chi connectivity index (χ4n) is 3.77. The third-order valence-corrected chi connectivity index (χ3v) is 6.13. The monoisotopic (exact) mass is 342 g/mol. The zero-order chi connectivity index (χ0) is 16.7. The molecule has 0 aliphatic carbocycles. The molecule has 1 aromatic carbocycles. The van der Waals surface area contributed by atoms with Gasteiger partial charge in [0.15, 0.2) is 6.10 Å². The van der Waals surface area contributed by atoms with E-state index in [1.807, 2.05) is 30.0 Å². The lowest BCUT2D eigenvalue weighted by Crippen LogP contribution is -2.46. The highest BCUT2D eigenvalue weighted by atomic mass is 32.1. The number of hydrogen-bond donors (Lipinski definition) is 0. The van der Waals surface area contributed by atoms with Crippen molar-refractivity contribution in [1.29, 1.82) is 0 Å². The van der Waals surface area contributed by atoms with Gasteiger partial charge in [-0.3, -0.25) is 4.79 Å². The molecule has 2 aliphatic rings. The topological polar surface area (TPSA) is 42.4 Å². The molecular formula is C19H22N2O2S. The van der Waals surface area contributed by atoms with Gasteiger partial charge in [-0.05, 0) is 32.3 Å². The van der Waals surface area contributed by atoms with E-state index in [0.29, 0.717) is 0 Å². The summed E-state index contributed by atoms with van der Waals surface area (Å²) in [6.45, 7) is 4.89. The maximum absolute atomic E-state index is 13.2. The van der Waals surface area contributed by atoms with Gasteiger partial charge in [-0.25, -0.2) is 4.98 Å². The molecule has 4 nitrogen and oxygen atoms in total. The molecule has 1 saturated heterocycles. The van der Waals surface area contributed by atoms with Gasteiger partial charge in [-0.2, -0.15) is 0 Å². The zero-order valence-corrected chi connectivity index (χ0v) is 14.9. The highest BCUT2D eigenvalue weighted by Crippen LogP contribution is 2.40. The quantitative estimate of drug-likeness (QED) is 0.826. The molecule has 0 spiro atoms. The molecule has 1 amide bonds. The van der Waals surface area contributed by atoms with Crippen molar-refractivity contribution in [2.75, 3.05) is 6.54 Å². The average Bonchev–Trinajstić information content (AvgIpc) is 3.18. The van der Waals surface area contributed by atoms with Crippen LogP contribution in [0.2, 0.25) is 0 Å². The summed E-state index contributed by atoms with van der Waals surface area (Å²) < 4.78 is 6.02. The number of carbonyl (C=O) groups is 1. The Hall–Kier alpha value is -1.88. The van der Waals surface area contributed by atoms with Crippen molar-refractivity contribution in [1.82, 2.24) is 9.88 Å². The van der Waals surface area contributed by atoms with Crippen LogP contribution in [-0.2, 0) is 4.79 Å². The number of carbonyl (C=O) groups excluding carboxylic acids is 1. The number of rotatable bonds is 2. The Morgan fingerprint density at radius 1 is 1.33 bits per heavy atom. The van der Waals surface area contributed by atoms with Crippen LogP contribution in [0, 0.1) is 6.92 Å². The van der Waals surface area contributed by atoms with Crippen molar-refractivity contribution in [3.63, 3.8) is 0 Å². The molecule has 2 aliphatic heterocycles. The van der Waals surface area contributed by atoms with Gasteiger partial charge in [0.1, 0.15) is 10.8 Å². The molecule has 0 radical (unpaired) electrons. The summed E-state index contributed by atoms with van der Waals surface area (Å²) in [5, 5.41) is 3.13. The van der Waals surface area contributed by atoms with E-state index in [0.717, 1.165) is 47.8 Å². The van der Waals surface area contributed by atoms with Crippen molar-refractivity contribution < 1.29 is 9.53 Å². The average molecular weight is 342 g/mol. The summed E-state index contributed by atoms with van der Waals surface area (Å²) in [7, 11) is 0. The number of aromatic nitrogens is 1. The van der Waals surface area contributed by atoms with E-state index in [2.05, 4.69) is 23.4 Å². The first kappa shape index (κ1) is 15.6. The molecule has 24 heavy (non-hydrogen) atoms. The number of aryl methyl sites for hydroxylation is 1. The van der Waals surface area contributed by atoms with E-state index in [4.69, 9.17) is 4.74 Å². The fourth-order valence-corrected chi connectivity index (χ4v) is 4.71. The second-order valence-corrected chi connectivity index (χ2v) is 7.62. The standard InChI is InChI=1S/C19H22N2O2S/c1-12-11-24-18(20-12)15-8-5-6-10-21(15)19(22)17-13(2)14-7-3-4-9-16(14)23-17/h3-4,7,9,11,13,15,17H,5-6,8,10H2,1-2H3/t13-,15-,17-/m0/s1. The van der Waals surface area contributed by atoms with Crippen LogP contribution < -0.4 is 4.74 Å². The lowest BCUT2D eigenvalue weighted by molar-refractivity contribution is -0.142. The Labute approximate surface area is 146 Å². The van der Waals surface area contributed by atoms with Crippen molar-refractivity contribution >= 4 is 17.2 Å². The smallest absolute Gasteiger partial charge is 0.264 e. The van der Waals surface area contributed by atoms with Crippen LogP contribution in [0.1, 0.15) is 54.4 Å². The van der Waals surface area contributed by atoms with Gasteiger partial charge in [0.2, 0.25) is 0 Å². The number of fused-ring (bicyclic) bond motifs is 1. The fraction of sp³-hybridized carbons (Fsp3) is 0.474. The lowest BCUT2D eigenvalue weighted by atomic mass is 9.95. The lowest BCUT2D eigenvalue weighted by Gasteiger charge is -2.36. The largest absolute Gasteiger partial charge is 0.480 e. The van der Waals surface area contributed by atoms with Crippen LogP contribution >= 0.6 is 11.3 Å². The van der Waals surface area contributed by atoms with E-state index < -0.39 is 6.10 Å². The summed E-state index contributed by atoms with van der Waals surface area (Å²) in [6, 6.07) is 8.08. The van der Waals surface area contributed by atoms with Crippen LogP contribution in [0.4, 0.5) is 0 Å². The summed E-state index contributed by atoms with van der Waals surface area (Å²) in [5.41, 5.74) is 2.17. The minimum atomic E-state index is -0.413. The van der Waals surface area contributed by atoms with Crippen molar-refractivity contribution in [2.45, 2.75) is 51.2 Å². The highest BCUT2D eigenvalue weighted by molar-refractivity contribution is 7.09. The molecule has 0 N–H and O–H groups in total. The second-order valence-electron chi connectivity index (χ2n) is 6.74. The van der Waals surface area contributed by atoms with Crippen molar-refractivity contribution in [2.24, 2.45) is 0 Å². The Balaban J connectivity index is 1.59. The molecule has 0 unspecified atom stereocenters. The third kappa shape index (κ3) is 2.61. The number of ether oxygens (including phenoxy) is 1. The number of thiazole rings is 1. The molecule has 0 bridgehead atoms. The number of benzene rings is 1. The number of hydrogen-bond acceptors (Lipinski definition) is 4. The summed E-state index contributed by atoms with van der Waals surface area (Å²) in [5.74, 6) is 1.05. The number of amides is 1. The number of nitrogens with zero attached hydrogens (tertiary/aromatic N) is 2. The Morgan fingerprint density at radius 3 is 2.92 bits per heavy atom. The molecule has 2 aromatic rings. The first-order valence-electron chi connectivity index (χ1n) is 8.63. The molecule has 0 saturated carbocycles. The zero-order valence-electron chi connectivity index (χ0n) is 14.1. The molecule has 1 fully saturated rings. The van der Waals surface area contributed by atoms with Crippen LogP contribution in [0.3, 0.4) is 0 Å². The van der Waals surface area contributed by atoms with Crippen LogP contribution in [0.5, 0.6) is 5.75 Å². The molecule has 1 aromatic heterocycles. The molecule has 126 valence electrons. The molecule has 3 atom stereocenters. The van der Waals surface area contributed by atoms with E-state index in [-0.39, 0.29) is 17.9 Å². The number of piperidine rings is 1. The van der Waals surface area contributed by atoms with Gasteiger partial charge in [0.05, 0.1) is 6.04 Å². The number of para-hydroxylation sites is 1. The van der Waals surface area contributed by atoms with E-state index >= 15 is 0 Å². The van der Waals surface area contributed by atoms with Gasteiger partial charge in [-0.15, -0.1) is 11.3 Å². The summed E-state index contributed by atoms with van der Waals surface area (Å²) >= 11 is 1.66. The summed E-state index contributed by atoms with van der Waals surface area (Å²) in [6.07, 6.45) is 2.78. The van der Waals surface area contributed by atoms with E-state index in [9.17, 15) is 4.79 Å². The Morgan fingerprint density at radius 2 is 2.17 bits per heavy atom. The maximum Gasteiger partial charge on any atom is 0.264 e. The van der Waals surface area contributed by atoms with Gasteiger partial charge < -0.3 is 9.64 Å². The third-order valence-electron chi connectivity index (χ3n) is 5.07. The predicted molar refractivity (Wildman–Crippen MR) is 94.4 cm³/mol.